The van der Waals surface area contributed by atoms with E-state index in [0.29, 0.717) is 22.1 Å². The van der Waals surface area contributed by atoms with Crippen molar-refractivity contribution in [1.82, 2.24) is 15.2 Å². The van der Waals surface area contributed by atoms with Gasteiger partial charge in [-0.15, -0.1) is 10.2 Å². The average molecular weight is 372 g/mol. The number of aromatic nitrogens is 3. The van der Waals surface area contributed by atoms with E-state index in [0.717, 1.165) is 16.8 Å². The Balaban J connectivity index is 1.53. The Morgan fingerprint density at radius 2 is 1.67 bits per heavy atom. The molecule has 0 aliphatic carbocycles. The van der Waals surface area contributed by atoms with Crippen LogP contribution >= 0.6 is 11.3 Å². The van der Waals surface area contributed by atoms with Gasteiger partial charge in [-0.05, 0) is 35.7 Å². The number of nitrogens with zero attached hydrogens (tertiary/aromatic N) is 3. The third-order valence-corrected chi connectivity index (χ3v) is 4.89. The maximum atomic E-state index is 12.8. The number of pyridine rings is 1. The number of carbonyl (C=O) groups excluding carboxylic acids is 1. The van der Waals surface area contributed by atoms with Gasteiger partial charge in [0.1, 0.15) is 5.69 Å². The fourth-order valence-electron chi connectivity index (χ4n) is 2.74. The zero-order valence-corrected chi connectivity index (χ0v) is 15.2. The number of hydrogen-bond acceptors (Lipinski definition) is 5. The topological polar surface area (TPSA) is 67.8 Å². The summed E-state index contributed by atoms with van der Waals surface area (Å²) in [4.78, 5) is 17.0. The van der Waals surface area contributed by atoms with Crippen molar-refractivity contribution in [2.24, 2.45) is 0 Å². The Morgan fingerprint density at radius 3 is 2.48 bits per heavy atom. The second kappa shape index (κ2) is 7.88. The lowest BCUT2D eigenvalue weighted by atomic mass is 9.99. The highest BCUT2D eigenvalue weighted by atomic mass is 32.1. The third kappa shape index (κ3) is 4.07. The number of nitrogens with one attached hydrogen (secondary N) is 1. The van der Waals surface area contributed by atoms with Gasteiger partial charge in [-0.25, -0.2) is 0 Å². The second-order valence-corrected chi connectivity index (χ2v) is 6.88. The molecule has 2 heterocycles. The summed E-state index contributed by atoms with van der Waals surface area (Å²) < 4.78 is 0. The van der Waals surface area contributed by atoms with Crippen LogP contribution in [0.3, 0.4) is 0 Å². The van der Waals surface area contributed by atoms with E-state index in [2.05, 4.69) is 32.6 Å². The molecule has 6 heteroatoms. The standard InChI is InChI=1S/C21H16N4OS/c26-19(23-21-25-24-20(27-21)18-12-6-7-13-22-18)17-11-5-4-10-16(17)14-15-8-2-1-3-9-15/h1-13H,14H2,(H,23,25,26). The molecule has 4 aromatic rings. The van der Waals surface area contributed by atoms with Gasteiger partial charge in [0.15, 0.2) is 5.01 Å². The molecule has 1 amide bonds. The molecule has 0 unspecified atom stereocenters. The second-order valence-electron chi connectivity index (χ2n) is 5.90. The summed E-state index contributed by atoms with van der Waals surface area (Å²) in [5.74, 6) is -0.190. The van der Waals surface area contributed by atoms with Crippen LogP contribution in [0.2, 0.25) is 0 Å². The Hall–Kier alpha value is -3.38. The first-order valence-corrected chi connectivity index (χ1v) is 9.29. The molecule has 0 saturated heterocycles. The first-order chi connectivity index (χ1) is 13.3. The van der Waals surface area contributed by atoms with E-state index in [-0.39, 0.29) is 5.91 Å². The zero-order chi connectivity index (χ0) is 18.5. The third-order valence-electron chi connectivity index (χ3n) is 4.03. The van der Waals surface area contributed by atoms with Crippen LogP contribution in [-0.2, 0) is 6.42 Å². The van der Waals surface area contributed by atoms with Crippen molar-refractivity contribution in [2.75, 3.05) is 5.32 Å². The van der Waals surface area contributed by atoms with Crippen molar-refractivity contribution in [3.63, 3.8) is 0 Å². The molecule has 5 nitrogen and oxygen atoms in total. The molecule has 0 atom stereocenters. The van der Waals surface area contributed by atoms with E-state index < -0.39 is 0 Å². The molecule has 2 aromatic heterocycles. The molecule has 0 aliphatic rings. The normalized spacial score (nSPS) is 10.5. The van der Waals surface area contributed by atoms with Crippen LogP contribution in [0.5, 0.6) is 0 Å². The Kier molecular flexibility index (Phi) is 4.98. The van der Waals surface area contributed by atoms with Crippen LogP contribution in [0.15, 0.2) is 79.0 Å². The monoisotopic (exact) mass is 372 g/mol. The van der Waals surface area contributed by atoms with Crippen molar-refractivity contribution in [3.8, 4) is 10.7 Å². The van der Waals surface area contributed by atoms with Crippen LogP contribution in [0.25, 0.3) is 10.7 Å². The highest BCUT2D eigenvalue weighted by molar-refractivity contribution is 7.18. The van der Waals surface area contributed by atoms with Gasteiger partial charge in [0.2, 0.25) is 5.13 Å². The largest absolute Gasteiger partial charge is 0.296 e. The highest BCUT2D eigenvalue weighted by Gasteiger charge is 2.14. The van der Waals surface area contributed by atoms with Crippen molar-refractivity contribution < 1.29 is 4.79 Å². The number of hydrogen-bond donors (Lipinski definition) is 1. The summed E-state index contributed by atoms with van der Waals surface area (Å²) in [6, 6.07) is 23.3. The Morgan fingerprint density at radius 1 is 0.889 bits per heavy atom. The lowest BCUT2D eigenvalue weighted by Gasteiger charge is -2.09. The maximum absolute atomic E-state index is 12.8. The first-order valence-electron chi connectivity index (χ1n) is 8.48. The molecule has 0 radical (unpaired) electrons. The number of rotatable bonds is 5. The summed E-state index contributed by atoms with van der Waals surface area (Å²) in [5, 5.41) is 12.2. The summed E-state index contributed by atoms with van der Waals surface area (Å²) >= 11 is 1.30. The minimum absolute atomic E-state index is 0.190. The first kappa shape index (κ1) is 17.1. The molecule has 1 N–H and O–H groups in total. The molecule has 132 valence electrons. The van der Waals surface area contributed by atoms with E-state index in [9.17, 15) is 4.79 Å². The molecule has 0 fully saturated rings. The molecule has 0 bridgehead atoms. The van der Waals surface area contributed by atoms with Gasteiger partial charge in [-0.3, -0.25) is 15.1 Å². The molecular formula is C21H16N4OS. The zero-order valence-electron chi connectivity index (χ0n) is 14.4. The van der Waals surface area contributed by atoms with Gasteiger partial charge in [0, 0.05) is 11.8 Å². The SMILES string of the molecule is O=C(Nc1nnc(-c2ccccn2)s1)c1ccccc1Cc1ccccc1. The van der Waals surface area contributed by atoms with E-state index >= 15 is 0 Å². The number of carbonyl (C=O) groups is 1. The van der Waals surface area contributed by atoms with Gasteiger partial charge in [-0.2, -0.15) is 0 Å². The highest BCUT2D eigenvalue weighted by Crippen LogP contribution is 2.25. The molecule has 0 saturated carbocycles. The van der Waals surface area contributed by atoms with E-state index in [4.69, 9.17) is 0 Å². The fourth-order valence-corrected chi connectivity index (χ4v) is 3.46. The molecule has 2 aromatic carbocycles. The van der Waals surface area contributed by atoms with E-state index in [1.165, 1.54) is 11.3 Å². The molecule has 4 rings (SSSR count). The Bertz CT molecular complexity index is 1050. The van der Waals surface area contributed by atoms with E-state index in [1.807, 2.05) is 60.7 Å². The van der Waals surface area contributed by atoms with Crippen LogP contribution in [0.4, 0.5) is 5.13 Å². The number of amides is 1. The summed E-state index contributed by atoms with van der Waals surface area (Å²) in [6.45, 7) is 0. The molecule has 0 spiro atoms. The van der Waals surface area contributed by atoms with E-state index in [1.54, 1.807) is 6.20 Å². The van der Waals surface area contributed by atoms with Gasteiger partial charge in [0.25, 0.3) is 5.91 Å². The summed E-state index contributed by atoms with van der Waals surface area (Å²) in [7, 11) is 0. The predicted molar refractivity (Wildman–Crippen MR) is 107 cm³/mol. The molecule has 0 aliphatic heterocycles. The minimum Gasteiger partial charge on any atom is -0.296 e. The van der Waals surface area contributed by atoms with Crippen molar-refractivity contribution in [1.29, 1.82) is 0 Å². The number of anilines is 1. The lowest BCUT2D eigenvalue weighted by molar-refractivity contribution is 0.102. The summed E-state index contributed by atoms with van der Waals surface area (Å²) in [6.07, 6.45) is 2.40. The van der Waals surface area contributed by atoms with Gasteiger partial charge >= 0.3 is 0 Å². The minimum atomic E-state index is -0.190. The van der Waals surface area contributed by atoms with Gasteiger partial charge in [-0.1, -0.05) is 65.9 Å². The predicted octanol–water partition coefficient (Wildman–Crippen LogP) is 4.44. The summed E-state index contributed by atoms with van der Waals surface area (Å²) in [5.41, 5.74) is 3.50. The smallest absolute Gasteiger partial charge is 0.257 e. The molecule has 27 heavy (non-hydrogen) atoms. The van der Waals surface area contributed by atoms with Crippen molar-refractivity contribution >= 4 is 22.4 Å². The van der Waals surface area contributed by atoms with Crippen LogP contribution in [0, 0.1) is 0 Å². The van der Waals surface area contributed by atoms with Gasteiger partial charge in [0.05, 0.1) is 0 Å². The lowest BCUT2D eigenvalue weighted by Crippen LogP contribution is -2.14. The van der Waals surface area contributed by atoms with Crippen molar-refractivity contribution in [3.05, 3.63) is 95.7 Å². The fraction of sp³-hybridized carbons (Fsp3) is 0.0476. The maximum Gasteiger partial charge on any atom is 0.257 e. The quantitative estimate of drug-likeness (QED) is 0.562. The van der Waals surface area contributed by atoms with Crippen LogP contribution in [0.1, 0.15) is 21.5 Å². The van der Waals surface area contributed by atoms with Crippen molar-refractivity contribution in [2.45, 2.75) is 6.42 Å². The number of benzene rings is 2. The van der Waals surface area contributed by atoms with Gasteiger partial charge < -0.3 is 0 Å². The average Bonchev–Trinajstić information content (AvgIpc) is 3.18. The van der Waals surface area contributed by atoms with Crippen LogP contribution < -0.4 is 5.32 Å². The Labute approximate surface area is 160 Å². The van der Waals surface area contributed by atoms with Crippen LogP contribution in [-0.4, -0.2) is 21.1 Å². The molecular weight excluding hydrogens is 356 g/mol.